The summed E-state index contributed by atoms with van der Waals surface area (Å²) in [5, 5.41) is 0. The van der Waals surface area contributed by atoms with Crippen molar-refractivity contribution in [1.82, 2.24) is 19.9 Å². The highest BCUT2D eigenvalue weighted by atomic mass is 16.3. The number of nitrogens with zero attached hydrogens (tertiary/aromatic N) is 5. The first kappa shape index (κ1) is 13.9. The number of anilines is 1. The summed E-state index contributed by atoms with van der Waals surface area (Å²) in [4.78, 5) is 20.1. The van der Waals surface area contributed by atoms with Crippen molar-refractivity contribution in [3.05, 3.63) is 43.2 Å². The lowest BCUT2D eigenvalue weighted by atomic mass is 10.1. The second kappa shape index (κ2) is 6.16. The van der Waals surface area contributed by atoms with Crippen LogP contribution in [-0.2, 0) is 0 Å². The summed E-state index contributed by atoms with van der Waals surface area (Å²) >= 11 is 0. The van der Waals surface area contributed by atoms with Crippen LogP contribution >= 0.6 is 0 Å². The lowest BCUT2D eigenvalue weighted by Gasteiger charge is -2.27. The van der Waals surface area contributed by atoms with E-state index >= 15 is 0 Å². The zero-order chi connectivity index (χ0) is 15.5. The van der Waals surface area contributed by atoms with Gasteiger partial charge in [0.25, 0.3) is 0 Å². The molecule has 1 fully saturated rings. The third kappa shape index (κ3) is 2.79. The summed E-state index contributed by atoms with van der Waals surface area (Å²) in [5.74, 6) is 1.47. The lowest BCUT2D eigenvalue weighted by molar-refractivity contribution is 0.565. The largest absolute Gasteiger partial charge is 0.463 e. The van der Waals surface area contributed by atoms with Crippen molar-refractivity contribution >= 4 is 5.95 Å². The molecule has 0 N–H and O–H groups in total. The molecule has 1 saturated heterocycles. The molecular weight excluding hydrogens is 290 g/mol. The summed E-state index contributed by atoms with van der Waals surface area (Å²) in [7, 11) is 0. The van der Waals surface area contributed by atoms with E-state index in [1.807, 2.05) is 18.3 Å². The molecule has 1 aliphatic heterocycles. The van der Waals surface area contributed by atoms with E-state index in [0.717, 1.165) is 36.0 Å². The molecular formula is C17H17N5O. The number of piperidine rings is 1. The number of furan rings is 1. The van der Waals surface area contributed by atoms with Crippen LogP contribution < -0.4 is 4.90 Å². The molecule has 0 bridgehead atoms. The standard InChI is InChI=1S/C17H17N5O/c1-2-8-22(9-3-1)17-20-11-13(14-12-18-6-7-19-14)16(21-17)15-5-4-10-23-15/h4-7,10-12H,1-3,8-9H2. The SMILES string of the molecule is c1coc(-c2nc(N3CCCCC3)ncc2-c2cnccn2)c1. The molecule has 3 aromatic heterocycles. The predicted molar refractivity (Wildman–Crippen MR) is 86.8 cm³/mol. The van der Waals surface area contributed by atoms with Gasteiger partial charge in [0.1, 0.15) is 5.69 Å². The van der Waals surface area contributed by atoms with Gasteiger partial charge in [0.05, 0.1) is 18.2 Å². The molecule has 116 valence electrons. The zero-order valence-electron chi connectivity index (χ0n) is 12.7. The van der Waals surface area contributed by atoms with Gasteiger partial charge in [-0.05, 0) is 31.4 Å². The van der Waals surface area contributed by atoms with E-state index < -0.39 is 0 Å². The van der Waals surface area contributed by atoms with Gasteiger partial charge in [-0.1, -0.05) is 0 Å². The molecule has 3 aromatic rings. The van der Waals surface area contributed by atoms with Crippen LogP contribution in [0.1, 0.15) is 19.3 Å². The first-order valence-corrected chi connectivity index (χ1v) is 7.84. The first-order chi connectivity index (χ1) is 11.4. The monoisotopic (exact) mass is 307 g/mol. The van der Waals surface area contributed by atoms with Gasteiger partial charge in [-0.15, -0.1) is 0 Å². The smallest absolute Gasteiger partial charge is 0.226 e. The van der Waals surface area contributed by atoms with Crippen molar-refractivity contribution in [1.29, 1.82) is 0 Å². The molecule has 0 amide bonds. The fourth-order valence-corrected chi connectivity index (χ4v) is 2.85. The maximum atomic E-state index is 5.57. The normalized spacial score (nSPS) is 14.9. The minimum absolute atomic E-state index is 0.714. The van der Waals surface area contributed by atoms with Crippen LogP contribution in [0.4, 0.5) is 5.95 Å². The Kier molecular flexibility index (Phi) is 3.71. The van der Waals surface area contributed by atoms with E-state index in [0.29, 0.717) is 5.76 Å². The third-order valence-electron chi connectivity index (χ3n) is 4.01. The number of hydrogen-bond donors (Lipinski definition) is 0. The quantitative estimate of drug-likeness (QED) is 0.740. The van der Waals surface area contributed by atoms with Gasteiger partial charge in [0.2, 0.25) is 5.95 Å². The number of aromatic nitrogens is 4. The summed E-state index contributed by atoms with van der Waals surface area (Å²) < 4.78 is 5.57. The number of hydrogen-bond acceptors (Lipinski definition) is 6. The van der Waals surface area contributed by atoms with Gasteiger partial charge < -0.3 is 9.32 Å². The average molecular weight is 307 g/mol. The van der Waals surface area contributed by atoms with Crippen LogP contribution in [0, 0.1) is 0 Å². The van der Waals surface area contributed by atoms with Crippen molar-refractivity contribution in [3.63, 3.8) is 0 Å². The Morgan fingerprint density at radius 3 is 2.65 bits per heavy atom. The van der Waals surface area contributed by atoms with Gasteiger partial charge in [-0.3, -0.25) is 9.97 Å². The van der Waals surface area contributed by atoms with Crippen LogP contribution in [0.5, 0.6) is 0 Å². The van der Waals surface area contributed by atoms with Crippen LogP contribution in [0.15, 0.2) is 47.6 Å². The molecule has 0 aliphatic carbocycles. The Morgan fingerprint density at radius 1 is 1.00 bits per heavy atom. The zero-order valence-corrected chi connectivity index (χ0v) is 12.7. The Balaban J connectivity index is 1.80. The van der Waals surface area contributed by atoms with E-state index in [2.05, 4.69) is 19.9 Å². The Morgan fingerprint density at radius 2 is 1.91 bits per heavy atom. The molecule has 0 atom stereocenters. The highest BCUT2D eigenvalue weighted by molar-refractivity contribution is 5.76. The van der Waals surface area contributed by atoms with E-state index in [1.165, 1.54) is 19.3 Å². The molecule has 23 heavy (non-hydrogen) atoms. The molecule has 0 unspecified atom stereocenters. The van der Waals surface area contributed by atoms with Gasteiger partial charge in [-0.2, -0.15) is 0 Å². The molecule has 4 rings (SSSR count). The number of rotatable bonds is 3. The Labute approximate surface area is 134 Å². The van der Waals surface area contributed by atoms with Gasteiger partial charge in [0, 0.05) is 37.2 Å². The van der Waals surface area contributed by atoms with E-state index in [9.17, 15) is 0 Å². The first-order valence-electron chi connectivity index (χ1n) is 7.84. The fourth-order valence-electron chi connectivity index (χ4n) is 2.85. The summed E-state index contributed by atoms with van der Waals surface area (Å²) in [6.07, 6.45) is 12.2. The molecule has 6 nitrogen and oxygen atoms in total. The van der Waals surface area contributed by atoms with Crippen LogP contribution in [0.25, 0.3) is 22.7 Å². The topological polar surface area (TPSA) is 67.9 Å². The lowest BCUT2D eigenvalue weighted by Crippen LogP contribution is -2.31. The Hall–Kier alpha value is -2.76. The van der Waals surface area contributed by atoms with Gasteiger partial charge in [-0.25, -0.2) is 9.97 Å². The summed E-state index contributed by atoms with van der Waals surface area (Å²) in [6.45, 7) is 2.00. The molecule has 6 heteroatoms. The highest BCUT2D eigenvalue weighted by Gasteiger charge is 2.19. The average Bonchev–Trinajstić information content (AvgIpc) is 3.17. The maximum Gasteiger partial charge on any atom is 0.226 e. The maximum absolute atomic E-state index is 5.57. The molecule has 0 aromatic carbocycles. The summed E-state index contributed by atoms with van der Waals surface area (Å²) in [5.41, 5.74) is 2.32. The minimum atomic E-state index is 0.714. The van der Waals surface area contributed by atoms with Gasteiger partial charge >= 0.3 is 0 Å². The van der Waals surface area contributed by atoms with Crippen LogP contribution in [-0.4, -0.2) is 33.0 Å². The summed E-state index contributed by atoms with van der Waals surface area (Å²) in [6, 6.07) is 3.76. The molecule has 0 radical (unpaired) electrons. The predicted octanol–water partition coefficient (Wildman–Crippen LogP) is 3.18. The van der Waals surface area contributed by atoms with E-state index in [1.54, 1.807) is 24.9 Å². The van der Waals surface area contributed by atoms with Crippen molar-refractivity contribution < 1.29 is 4.42 Å². The Bertz CT molecular complexity index is 767. The van der Waals surface area contributed by atoms with Crippen molar-refractivity contribution in [2.45, 2.75) is 19.3 Å². The fraction of sp³-hybridized carbons (Fsp3) is 0.294. The van der Waals surface area contributed by atoms with Crippen LogP contribution in [0.3, 0.4) is 0 Å². The van der Waals surface area contributed by atoms with Crippen LogP contribution in [0.2, 0.25) is 0 Å². The second-order valence-electron chi connectivity index (χ2n) is 5.55. The third-order valence-corrected chi connectivity index (χ3v) is 4.01. The molecule has 1 aliphatic rings. The molecule has 0 saturated carbocycles. The van der Waals surface area contributed by atoms with Gasteiger partial charge in [0.15, 0.2) is 5.76 Å². The molecule has 0 spiro atoms. The second-order valence-corrected chi connectivity index (χ2v) is 5.55. The minimum Gasteiger partial charge on any atom is -0.463 e. The van der Waals surface area contributed by atoms with E-state index in [-0.39, 0.29) is 0 Å². The van der Waals surface area contributed by atoms with Crippen molar-refractivity contribution in [2.24, 2.45) is 0 Å². The molecule has 4 heterocycles. The van der Waals surface area contributed by atoms with E-state index in [4.69, 9.17) is 9.40 Å². The highest BCUT2D eigenvalue weighted by Crippen LogP contribution is 2.30. The van der Waals surface area contributed by atoms with Crippen molar-refractivity contribution in [3.8, 4) is 22.7 Å². The van der Waals surface area contributed by atoms with Crippen molar-refractivity contribution in [2.75, 3.05) is 18.0 Å².